The predicted octanol–water partition coefficient (Wildman–Crippen LogP) is 3.61. The second kappa shape index (κ2) is 16.9. The number of hydrogen-bond donors (Lipinski definition) is 3. The quantitative estimate of drug-likeness (QED) is 0.222. The average molecular weight is 584 g/mol. The number of alkyl halides is 3. The molecule has 0 aliphatic carbocycles. The summed E-state index contributed by atoms with van der Waals surface area (Å²) < 4.78 is 53.9. The number of carbonyl (C=O) groups is 3. The molecule has 0 saturated carbocycles. The number of rotatable bonds is 14. The number of carboxylic acid groups (broad SMARTS) is 1. The molecule has 0 bridgehead atoms. The van der Waals surface area contributed by atoms with Crippen molar-refractivity contribution in [2.24, 2.45) is 5.73 Å². The molecule has 0 fully saturated rings. The van der Waals surface area contributed by atoms with Crippen LogP contribution in [0.5, 0.6) is 0 Å². The number of cyclic esters (lactones) is 1. The molecule has 1 aliphatic heterocycles. The molecule has 0 spiro atoms. The highest BCUT2D eigenvalue weighted by molar-refractivity contribution is 5.89. The number of aliphatic hydroxyl groups excluding tert-OH is 1. The van der Waals surface area contributed by atoms with Crippen LogP contribution in [0.4, 0.5) is 13.2 Å². The van der Waals surface area contributed by atoms with Crippen molar-refractivity contribution < 1.29 is 56.7 Å². The van der Waals surface area contributed by atoms with E-state index in [-0.39, 0.29) is 37.8 Å². The first-order chi connectivity index (χ1) is 19.5. The monoisotopic (exact) mass is 583 g/mol. The van der Waals surface area contributed by atoms with Gasteiger partial charge in [0.25, 0.3) is 0 Å². The number of benzene rings is 2. The van der Waals surface area contributed by atoms with Crippen LogP contribution in [0.15, 0.2) is 72.2 Å². The van der Waals surface area contributed by atoms with Crippen molar-refractivity contribution in [3.05, 3.63) is 83.3 Å². The lowest BCUT2D eigenvalue weighted by molar-refractivity contribution is -0.192. The van der Waals surface area contributed by atoms with Gasteiger partial charge in [-0.05, 0) is 30.5 Å². The van der Waals surface area contributed by atoms with E-state index in [1.807, 2.05) is 60.7 Å². The van der Waals surface area contributed by atoms with E-state index in [0.29, 0.717) is 13.0 Å². The van der Waals surface area contributed by atoms with Gasteiger partial charge in [0.2, 0.25) is 5.76 Å². The van der Waals surface area contributed by atoms with Crippen molar-refractivity contribution in [1.29, 1.82) is 0 Å². The maximum absolute atomic E-state index is 12.6. The fourth-order valence-electron chi connectivity index (χ4n) is 3.38. The lowest BCUT2D eigenvalue weighted by atomic mass is 10.1. The number of nitrogens with two attached hydrogens (primary N) is 1. The molecule has 41 heavy (non-hydrogen) atoms. The molecule has 0 amide bonds. The molecule has 2 aromatic rings. The normalized spacial score (nSPS) is 15.3. The molecule has 10 nitrogen and oxygen atoms in total. The number of ether oxygens (including phenoxy) is 4. The minimum atomic E-state index is -5.08. The van der Waals surface area contributed by atoms with Crippen LogP contribution in [-0.4, -0.2) is 59.7 Å². The molecule has 2 unspecified atom stereocenters. The summed E-state index contributed by atoms with van der Waals surface area (Å²) in [5.41, 5.74) is 7.18. The largest absolute Gasteiger partial charge is 0.490 e. The van der Waals surface area contributed by atoms with E-state index in [2.05, 4.69) is 0 Å². The highest BCUT2D eigenvalue weighted by Gasteiger charge is 2.42. The number of aliphatic hydroxyl groups is 1. The molecular weight excluding hydrogens is 551 g/mol. The van der Waals surface area contributed by atoms with Gasteiger partial charge in [-0.3, -0.25) is 4.79 Å². The molecule has 1 heterocycles. The van der Waals surface area contributed by atoms with Crippen molar-refractivity contribution in [1.82, 2.24) is 0 Å². The fourth-order valence-corrected chi connectivity index (χ4v) is 3.38. The first-order valence-electron chi connectivity index (χ1n) is 12.6. The minimum Gasteiger partial charge on any atom is -0.485 e. The van der Waals surface area contributed by atoms with E-state index in [4.69, 9.17) is 34.6 Å². The van der Waals surface area contributed by atoms with Crippen molar-refractivity contribution in [2.75, 3.05) is 13.2 Å². The zero-order chi connectivity index (χ0) is 30.3. The molecule has 3 rings (SSSR count). The Hall–Kier alpha value is -4.10. The van der Waals surface area contributed by atoms with Gasteiger partial charge in [0.15, 0.2) is 11.9 Å². The molecule has 2 atom stereocenters. The molecule has 0 radical (unpaired) electrons. The van der Waals surface area contributed by atoms with Crippen LogP contribution < -0.4 is 5.73 Å². The maximum atomic E-state index is 12.6. The lowest BCUT2D eigenvalue weighted by Gasteiger charge is -2.20. The SMILES string of the molecule is NCCCCCC(=O)OCC(O)C1OC(=O)C(OCc2ccccc2)=C1OCc1ccccc1.O=C(O)C(F)(F)F. The maximum Gasteiger partial charge on any atom is 0.490 e. The Morgan fingerprint density at radius 3 is 1.98 bits per heavy atom. The first kappa shape index (κ1) is 33.1. The van der Waals surface area contributed by atoms with Crippen molar-refractivity contribution in [3.8, 4) is 0 Å². The van der Waals surface area contributed by atoms with Gasteiger partial charge in [-0.2, -0.15) is 13.2 Å². The third-order valence-corrected chi connectivity index (χ3v) is 5.46. The standard InChI is InChI=1S/C26H31NO7.C2HF3O2/c27-15-9-3-8-14-22(29)31-18-21(28)23-24(32-16-19-10-4-1-5-11-19)25(26(30)34-23)33-17-20-12-6-2-7-13-20;3-2(4,5)1(6)7/h1-2,4-7,10-13,21,23,28H,3,8-9,14-18,27H2;(H,6,7). The Balaban J connectivity index is 0.000000745. The van der Waals surface area contributed by atoms with E-state index in [0.717, 1.165) is 24.0 Å². The summed E-state index contributed by atoms with van der Waals surface area (Å²) in [6, 6.07) is 18.7. The summed E-state index contributed by atoms with van der Waals surface area (Å²) >= 11 is 0. The Bertz CT molecular complexity index is 1140. The first-order valence-corrected chi connectivity index (χ1v) is 12.6. The van der Waals surface area contributed by atoms with Crippen molar-refractivity contribution in [3.63, 3.8) is 0 Å². The second-order valence-corrected chi connectivity index (χ2v) is 8.72. The molecular formula is C28H32F3NO9. The molecule has 224 valence electrons. The van der Waals surface area contributed by atoms with Gasteiger partial charge in [-0.15, -0.1) is 0 Å². The molecule has 0 saturated heterocycles. The van der Waals surface area contributed by atoms with Crippen LogP contribution in [-0.2, 0) is 46.5 Å². The van der Waals surface area contributed by atoms with Crippen molar-refractivity contribution >= 4 is 17.9 Å². The number of carboxylic acids is 1. The van der Waals surface area contributed by atoms with Gasteiger partial charge < -0.3 is 34.9 Å². The van der Waals surface area contributed by atoms with Crippen LogP contribution in [0.25, 0.3) is 0 Å². The van der Waals surface area contributed by atoms with Crippen LogP contribution >= 0.6 is 0 Å². The van der Waals surface area contributed by atoms with Crippen LogP contribution in [0.2, 0.25) is 0 Å². The van der Waals surface area contributed by atoms with Crippen LogP contribution in [0.3, 0.4) is 0 Å². The number of halogens is 3. The summed E-state index contributed by atoms with van der Waals surface area (Å²) in [6.07, 6.45) is -4.97. The van der Waals surface area contributed by atoms with E-state index in [1.165, 1.54) is 0 Å². The molecule has 0 aromatic heterocycles. The summed E-state index contributed by atoms with van der Waals surface area (Å²) in [5, 5.41) is 17.8. The lowest BCUT2D eigenvalue weighted by Crippen LogP contribution is -2.34. The highest BCUT2D eigenvalue weighted by Crippen LogP contribution is 2.29. The third kappa shape index (κ3) is 11.9. The molecule has 2 aromatic carbocycles. The van der Waals surface area contributed by atoms with Crippen molar-refractivity contribution in [2.45, 2.75) is 57.3 Å². The molecule has 1 aliphatic rings. The number of esters is 2. The third-order valence-electron chi connectivity index (χ3n) is 5.46. The topological polar surface area (TPSA) is 155 Å². The van der Waals surface area contributed by atoms with E-state index in [9.17, 15) is 27.9 Å². The Kier molecular flexibility index (Phi) is 13.6. The van der Waals surface area contributed by atoms with E-state index >= 15 is 0 Å². The average Bonchev–Trinajstić information content (AvgIpc) is 3.27. The number of hydrogen-bond acceptors (Lipinski definition) is 9. The zero-order valence-corrected chi connectivity index (χ0v) is 22.0. The van der Waals surface area contributed by atoms with Gasteiger partial charge in [-0.25, -0.2) is 9.59 Å². The number of unbranched alkanes of at least 4 members (excludes halogenated alkanes) is 2. The van der Waals surface area contributed by atoms with Crippen LogP contribution in [0.1, 0.15) is 36.8 Å². The summed E-state index contributed by atoms with van der Waals surface area (Å²) in [7, 11) is 0. The fraction of sp³-hybridized carbons (Fsp3) is 0.393. The van der Waals surface area contributed by atoms with E-state index < -0.39 is 36.3 Å². The van der Waals surface area contributed by atoms with Gasteiger partial charge in [0, 0.05) is 6.42 Å². The Morgan fingerprint density at radius 1 is 0.927 bits per heavy atom. The van der Waals surface area contributed by atoms with E-state index in [1.54, 1.807) is 0 Å². The predicted molar refractivity (Wildman–Crippen MR) is 138 cm³/mol. The summed E-state index contributed by atoms with van der Waals surface area (Å²) in [4.78, 5) is 33.4. The van der Waals surface area contributed by atoms with Gasteiger partial charge >= 0.3 is 24.1 Å². The number of carbonyl (C=O) groups excluding carboxylic acids is 2. The summed E-state index contributed by atoms with van der Waals surface area (Å²) in [6.45, 7) is 0.518. The van der Waals surface area contributed by atoms with Crippen LogP contribution in [0, 0.1) is 0 Å². The zero-order valence-electron chi connectivity index (χ0n) is 22.0. The van der Waals surface area contributed by atoms with Gasteiger partial charge in [-0.1, -0.05) is 67.1 Å². The Morgan fingerprint density at radius 2 is 1.46 bits per heavy atom. The minimum absolute atomic E-state index is 0.0799. The molecule has 4 N–H and O–H groups in total. The number of aliphatic carboxylic acids is 1. The molecule has 13 heteroatoms. The second-order valence-electron chi connectivity index (χ2n) is 8.72. The highest BCUT2D eigenvalue weighted by atomic mass is 19.4. The Labute approximate surface area is 234 Å². The van der Waals surface area contributed by atoms with Gasteiger partial charge in [0.05, 0.1) is 0 Å². The smallest absolute Gasteiger partial charge is 0.485 e. The summed E-state index contributed by atoms with van der Waals surface area (Å²) in [5.74, 6) is -3.95. The van der Waals surface area contributed by atoms with Gasteiger partial charge in [0.1, 0.15) is 25.9 Å².